The van der Waals surface area contributed by atoms with E-state index in [1.165, 1.54) is 17.9 Å². The number of hydrogen-bond donors (Lipinski definition) is 1. The molecule has 2 aromatic carbocycles. The number of aromatic nitrogens is 1. The van der Waals surface area contributed by atoms with Crippen molar-refractivity contribution in [2.75, 3.05) is 31.5 Å². The molecule has 0 unspecified atom stereocenters. The first-order valence-electron chi connectivity index (χ1n) is 8.77. The number of nitrogens with zero attached hydrogens (tertiary/aromatic N) is 2. The molecule has 1 heterocycles. The minimum atomic E-state index is -0.422. The third-order valence-electron chi connectivity index (χ3n) is 4.40. The van der Waals surface area contributed by atoms with Crippen LogP contribution in [-0.4, -0.2) is 38.2 Å². The Morgan fingerprint density at radius 2 is 1.76 bits per heavy atom. The van der Waals surface area contributed by atoms with Gasteiger partial charge in [-0.2, -0.15) is 0 Å². The molecule has 0 atom stereocenters. The average molecular weight is 395 g/mol. The van der Waals surface area contributed by atoms with Crippen LogP contribution in [0, 0.1) is 0 Å². The van der Waals surface area contributed by atoms with Gasteiger partial charge in [-0.05, 0) is 42.5 Å². The topological polar surface area (TPSA) is 93.9 Å². The molecule has 0 bridgehead atoms. The van der Waals surface area contributed by atoms with Crippen LogP contribution in [0.1, 0.15) is 17.4 Å². The number of methoxy groups -OCH3 is 2. The van der Waals surface area contributed by atoms with Gasteiger partial charge >= 0.3 is 0 Å². The minimum Gasteiger partial charge on any atom is -0.497 e. The molecule has 0 aliphatic carbocycles. The second kappa shape index (κ2) is 8.47. The van der Waals surface area contributed by atoms with Crippen molar-refractivity contribution < 1.29 is 23.6 Å². The Morgan fingerprint density at radius 1 is 1.03 bits per heavy atom. The van der Waals surface area contributed by atoms with Gasteiger partial charge in [0.25, 0.3) is 5.91 Å². The van der Waals surface area contributed by atoms with E-state index in [9.17, 15) is 9.59 Å². The smallest absolute Gasteiger partial charge is 0.277 e. The van der Waals surface area contributed by atoms with Gasteiger partial charge in [-0.1, -0.05) is 5.16 Å². The Kier molecular flexibility index (Phi) is 5.82. The quantitative estimate of drug-likeness (QED) is 0.685. The zero-order chi connectivity index (χ0) is 21.0. The molecule has 2 amide bonds. The number of carbonyl (C=O) groups is 2. The van der Waals surface area contributed by atoms with Crippen LogP contribution in [0.5, 0.6) is 11.5 Å². The second-order valence-electron chi connectivity index (χ2n) is 6.22. The van der Waals surface area contributed by atoms with E-state index >= 15 is 0 Å². The van der Waals surface area contributed by atoms with Gasteiger partial charge in [0.2, 0.25) is 5.91 Å². The molecule has 0 aliphatic rings. The Balaban J connectivity index is 1.77. The summed E-state index contributed by atoms with van der Waals surface area (Å²) in [4.78, 5) is 25.4. The predicted octanol–water partition coefficient (Wildman–Crippen LogP) is 3.59. The molecule has 0 saturated carbocycles. The Morgan fingerprint density at radius 3 is 2.38 bits per heavy atom. The summed E-state index contributed by atoms with van der Waals surface area (Å²) in [7, 11) is 4.78. The van der Waals surface area contributed by atoms with E-state index in [1.54, 1.807) is 63.7 Å². The summed E-state index contributed by atoms with van der Waals surface area (Å²) in [5, 5.41) is 6.60. The van der Waals surface area contributed by atoms with E-state index in [0.29, 0.717) is 28.5 Å². The average Bonchev–Trinajstić information content (AvgIpc) is 3.23. The number of hydrogen-bond acceptors (Lipinski definition) is 6. The third-order valence-corrected chi connectivity index (χ3v) is 4.40. The summed E-state index contributed by atoms with van der Waals surface area (Å²) in [5.74, 6) is 1.07. The maximum atomic E-state index is 12.5. The van der Waals surface area contributed by atoms with Crippen molar-refractivity contribution in [2.24, 2.45) is 0 Å². The van der Waals surface area contributed by atoms with E-state index < -0.39 is 5.91 Å². The van der Waals surface area contributed by atoms with Gasteiger partial charge in [0.15, 0.2) is 11.5 Å². The Hall–Kier alpha value is -3.81. The van der Waals surface area contributed by atoms with Gasteiger partial charge < -0.3 is 24.2 Å². The van der Waals surface area contributed by atoms with Crippen molar-refractivity contribution in [3.8, 4) is 22.8 Å². The number of rotatable bonds is 6. The van der Waals surface area contributed by atoms with Crippen molar-refractivity contribution in [1.29, 1.82) is 0 Å². The van der Waals surface area contributed by atoms with Crippen LogP contribution in [-0.2, 0) is 4.79 Å². The summed E-state index contributed by atoms with van der Waals surface area (Å²) in [6, 6.07) is 13.7. The summed E-state index contributed by atoms with van der Waals surface area (Å²) < 4.78 is 15.9. The van der Waals surface area contributed by atoms with Crippen molar-refractivity contribution in [3.05, 3.63) is 54.2 Å². The highest BCUT2D eigenvalue weighted by molar-refractivity contribution is 6.03. The standard InChI is InChI=1S/C21H21N3O5/c1-13(25)24(2)15-7-5-14(6-8-15)22-21(26)18-12-20(29-23-18)17-11-16(27-3)9-10-19(17)28-4/h5-12H,1-4H3,(H,22,26). The molecule has 8 heteroatoms. The van der Waals surface area contributed by atoms with Crippen molar-refractivity contribution in [1.82, 2.24) is 5.16 Å². The second-order valence-corrected chi connectivity index (χ2v) is 6.22. The number of ether oxygens (including phenoxy) is 2. The number of nitrogens with one attached hydrogen (secondary N) is 1. The van der Waals surface area contributed by atoms with Crippen LogP contribution in [0.3, 0.4) is 0 Å². The fourth-order valence-corrected chi connectivity index (χ4v) is 2.66. The summed E-state index contributed by atoms with van der Waals surface area (Å²) in [5.41, 5.74) is 2.04. The van der Waals surface area contributed by atoms with Gasteiger partial charge in [-0.15, -0.1) is 0 Å². The lowest BCUT2D eigenvalue weighted by molar-refractivity contribution is -0.116. The molecule has 0 radical (unpaired) electrons. The predicted molar refractivity (Wildman–Crippen MR) is 109 cm³/mol. The number of anilines is 2. The maximum Gasteiger partial charge on any atom is 0.277 e. The summed E-state index contributed by atoms with van der Waals surface area (Å²) in [6.07, 6.45) is 0. The normalized spacial score (nSPS) is 10.3. The van der Waals surface area contributed by atoms with Crippen molar-refractivity contribution >= 4 is 23.2 Å². The summed E-state index contributed by atoms with van der Waals surface area (Å²) >= 11 is 0. The fourth-order valence-electron chi connectivity index (χ4n) is 2.66. The molecule has 150 valence electrons. The van der Waals surface area contributed by atoms with Gasteiger partial charge in [0.1, 0.15) is 11.5 Å². The molecular weight excluding hydrogens is 374 g/mol. The monoisotopic (exact) mass is 395 g/mol. The molecule has 0 saturated heterocycles. The highest BCUT2D eigenvalue weighted by Gasteiger charge is 2.17. The zero-order valence-electron chi connectivity index (χ0n) is 16.6. The molecule has 0 aliphatic heterocycles. The van der Waals surface area contributed by atoms with Gasteiger partial charge in [0, 0.05) is 31.4 Å². The number of carbonyl (C=O) groups excluding carboxylic acids is 2. The van der Waals surface area contributed by atoms with Crippen molar-refractivity contribution in [3.63, 3.8) is 0 Å². The van der Waals surface area contributed by atoms with Gasteiger partial charge in [0.05, 0.1) is 19.8 Å². The van der Waals surface area contributed by atoms with E-state index in [2.05, 4.69) is 10.5 Å². The van der Waals surface area contributed by atoms with Gasteiger partial charge in [-0.3, -0.25) is 9.59 Å². The Bertz CT molecular complexity index is 1030. The summed E-state index contributed by atoms with van der Waals surface area (Å²) in [6.45, 7) is 1.48. The maximum absolute atomic E-state index is 12.5. The SMILES string of the molecule is COc1ccc(OC)c(-c2cc(C(=O)Nc3ccc(N(C)C(C)=O)cc3)no2)c1. The molecule has 1 aromatic heterocycles. The lowest BCUT2D eigenvalue weighted by atomic mass is 10.1. The van der Waals surface area contributed by atoms with Crippen LogP contribution in [0.2, 0.25) is 0 Å². The molecule has 1 N–H and O–H groups in total. The first-order chi connectivity index (χ1) is 13.9. The first-order valence-corrected chi connectivity index (χ1v) is 8.77. The third kappa shape index (κ3) is 4.37. The molecular formula is C21H21N3O5. The first kappa shape index (κ1) is 19.9. The van der Waals surface area contributed by atoms with Gasteiger partial charge in [-0.25, -0.2) is 0 Å². The number of amides is 2. The molecule has 3 rings (SSSR count). The van der Waals surface area contributed by atoms with Crippen LogP contribution in [0.4, 0.5) is 11.4 Å². The van der Waals surface area contributed by atoms with E-state index in [4.69, 9.17) is 14.0 Å². The molecule has 3 aromatic rings. The van der Waals surface area contributed by atoms with E-state index in [-0.39, 0.29) is 11.6 Å². The molecule has 29 heavy (non-hydrogen) atoms. The van der Waals surface area contributed by atoms with Crippen LogP contribution < -0.4 is 19.7 Å². The molecule has 8 nitrogen and oxygen atoms in total. The van der Waals surface area contributed by atoms with Crippen LogP contribution >= 0.6 is 0 Å². The minimum absolute atomic E-state index is 0.0788. The highest BCUT2D eigenvalue weighted by Crippen LogP contribution is 2.33. The highest BCUT2D eigenvalue weighted by atomic mass is 16.5. The largest absolute Gasteiger partial charge is 0.497 e. The van der Waals surface area contributed by atoms with Crippen LogP contribution in [0.15, 0.2) is 53.1 Å². The lowest BCUT2D eigenvalue weighted by Crippen LogP contribution is -2.22. The van der Waals surface area contributed by atoms with E-state index in [0.717, 1.165) is 5.69 Å². The number of benzene rings is 2. The fraction of sp³-hybridized carbons (Fsp3) is 0.190. The lowest BCUT2D eigenvalue weighted by Gasteiger charge is -2.15. The molecule has 0 spiro atoms. The van der Waals surface area contributed by atoms with E-state index in [1.807, 2.05) is 0 Å². The van der Waals surface area contributed by atoms with Crippen molar-refractivity contribution in [2.45, 2.75) is 6.92 Å². The Labute approximate surface area is 168 Å². The molecule has 0 fully saturated rings. The zero-order valence-corrected chi connectivity index (χ0v) is 16.6. The van der Waals surface area contributed by atoms with Crippen LogP contribution in [0.25, 0.3) is 11.3 Å².